The maximum atomic E-state index is 11.6. The van der Waals surface area contributed by atoms with Crippen LogP contribution in [0.4, 0.5) is 0 Å². The molecule has 3 rings (SSSR count). The molecule has 3 nitrogen and oxygen atoms in total. The molecular formula is C15H12ClNO2. The summed E-state index contributed by atoms with van der Waals surface area (Å²) >= 11 is 0. The molecule has 19 heavy (non-hydrogen) atoms. The lowest BCUT2D eigenvalue weighted by Gasteiger charge is -2.09. The summed E-state index contributed by atoms with van der Waals surface area (Å²) in [6.45, 7) is 1.91. The van der Waals surface area contributed by atoms with E-state index in [1.165, 1.54) is 0 Å². The van der Waals surface area contributed by atoms with Gasteiger partial charge in [-0.25, -0.2) is 9.78 Å². The summed E-state index contributed by atoms with van der Waals surface area (Å²) in [6, 6.07) is 13.0. The van der Waals surface area contributed by atoms with Crippen molar-refractivity contribution in [2.45, 2.75) is 6.92 Å². The van der Waals surface area contributed by atoms with Crippen LogP contribution < -0.4 is 0 Å². The van der Waals surface area contributed by atoms with Gasteiger partial charge in [-0.3, -0.25) is 0 Å². The summed E-state index contributed by atoms with van der Waals surface area (Å²) < 4.78 is 0. The first-order chi connectivity index (χ1) is 8.68. The number of aryl methyl sites for hydroxylation is 1. The second kappa shape index (κ2) is 4.86. The van der Waals surface area contributed by atoms with Crippen molar-refractivity contribution in [2.75, 3.05) is 0 Å². The Morgan fingerprint density at radius 2 is 1.74 bits per heavy atom. The predicted molar refractivity (Wildman–Crippen MR) is 78.2 cm³/mol. The van der Waals surface area contributed by atoms with E-state index in [2.05, 4.69) is 4.98 Å². The number of benzene rings is 2. The van der Waals surface area contributed by atoms with Crippen LogP contribution in [0.2, 0.25) is 0 Å². The maximum absolute atomic E-state index is 11.6. The summed E-state index contributed by atoms with van der Waals surface area (Å²) in [5.74, 6) is -0.909. The SMILES string of the molecule is Cc1cccc2nc3ccccc3c(C(=O)O)c12.Cl. The van der Waals surface area contributed by atoms with Crippen molar-refractivity contribution in [3.63, 3.8) is 0 Å². The average molecular weight is 274 g/mol. The van der Waals surface area contributed by atoms with Gasteiger partial charge in [-0.05, 0) is 24.6 Å². The van der Waals surface area contributed by atoms with E-state index >= 15 is 0 Å². The molecular weight excluding hydrogens is 262 g/mol. The normalized spacial score (nSPS) is 10.4. The Morgan fingerprint density at radius 1 is 1.05 bits per heavy atom. The highest BCUT2D eigenvalue weighted by Crippen LogP contribution is 2.28. The fourth-order valence-corrected chi connectivity index (χ4v) is 2.34. The number of aromatic carboxylic acids is 1. The number of hydrogen-bond donors (Lipinski definition) is 1. The molecule has 0 aliphatic rings. The minimum absolute atomic E-state index is 0. The Bertz CT molecular complexity index is 784. The van der Waals surface area contributed by atoms with E-state index < -0.39 is 5.97 Å². The number of carboxylic acid groups (broad SMARTS) is 1. The van der Waals surface area contributed by atoms with Crippen LogP contribution in [-0.2, 0) is 0 Å². The third-order valence-electron chi connectivity index (χ3n) is 3.13. The molecule has 0 aliphatic heterocycles. The Labute approximate surface area is 116 Å². The molecule has 0 aliphatic carbocycles. The Morgan fingerprint density at radius 3 is 2.47 bits per heavy atom. The lowest BCUT2D eigenvalue weighted by atomic mass is 9.99. The first-order valence-corrected chi connectivity index (χ1v) is 5.70. The Balaban J connectivity index is 0.00000133. The number of para-hydroxylation sites is 1. The van der Waals surface area contributed by atoms with Crippen LogP contribution >= 0.6 is 12.4 Å². The van der Waals surface area contributed by atoms with Gasteiger partial charge >= 0.3 is 5.97 Å². The number of carbonyl (C=O) groups is 1. The smallest absolute Gasteiger partial charge is 0.337 e. The maximum Gasteiger partial charge on any atom is 0.337 e. The van der Waals surface area contributed by atoms with Crippen LogP contribution in [0.15, 0.2) is 42.5 Å². The molecule has 3 aromatic rings. The molecule has 1 aromatic heterocycles. The third-order valence-corrected chi connectivity index (χ3v) is 3.13. The van der Waals surface area contributed by atoms with Gasteiger partial charge in [0.25, 0.3) is 0 Å². The number of hydrogen-bond acceptors (Lipinski definition) is 2. The van der Waals surface area contributed by atoms with Crippen molar-refractivity contribution >= 4 is 40.2 Å². The minimum Gasteiger partial charge on any atom is -0.478 e. The van der Waals surface area contributed by atoms with E-state index in [1.807, 2.05) is 43.3 Å². The lowest BCUT2D eigenvalue weighted by Crippen LogP contribution is -2.02. The van der Waals surface area contributed by atoms with Gasteiger partial charge in [0.2, 0.25) is 0 Å². The van der Waals surface area contributed by atoms with Gasteiger partial charge in [0.05, 0.1) is 16.6 Å². The molecule has 0 unspecified atom stereocenters. The van der Waals surface area contributed by atoms with Gasteiger partial charge in [-0.1, -0.05) is 30.3 Å². The van der Waals surface area contributed by atoms with Gasteiger partial charge in [0, 0.05) is 10.8 Å². The third kappa shape index (κ3) is 2.02. The molecule has 0 spiro atoms. The predicted octanol–water partition coefficient (Wildman–Crippen LogP) is 3.82. The fourth-order valence-electron chi connectivity index (χ4n) is 2.34. The van der Waals surface area contributed by atoms with Crippen molar-refractivity contribution in [3.05, 3.63) is 53.6 Å². The number of aromatic nitrogens is 1. The number of nitrogens with zero attached hydrogens (tertiary/aromatic N) is 1. The van der Waals surface area contributed by atoms with Crippen LogP contribution in [0.25, 0.3) is 21.8 Å². The van der Waals surface area contributed by atoms with Gasteiger partial charge in [0.1, 0.15) is 0 Å². The molecule has 0 fully saturated rings. The molecule has 0 saturated carbocycles. The highest BCUT2D eigenvalue weighted by Gasteiger charge is 2.15. The van der Waals surface area contributed by atoms with Crippen LogP contribution in [-0.4, -0.2) is 16.1 Å². The van der Waals surface area contributed by atoms with Crippen molar-refractivity contribution in [2.24, 2.45) is 0 Å². The summed E-state index contributed by atoms with van der Waals surface area (Å²) in [7, 11) is 0. The molecule has 0 atom stereocenters. The number of pyridine rings is 1. The Hall–Kier alpha value is -2.13. The first-order valence-electron chi connectivity index (χ1n) is 5.70. The molecule has 2 aromatic carbocycles. The van der Waals surface area contributed by atoms with E-state index in [-0.39, 0.29) is 12.4 Å². The molecule has 4 heteroatoms. The van der Waals surface area contributed by atoms with Crippen molar-refractivity contribution < 1.29 is 9.90 Å². The van der Waals surface area contributed by atoms with Crippen molar-refractivity contribution in [3.8, 4) is 0 Å². The van der Waals surface area contributed by atoms with Crippen LogP contribution in [0.3, 0.4) is 0 Å². The molecule has 0 radical (unpaired) electrons. The van der Waals surface area contributed by atoms with E-state index in [0.717, 1.165) is 16.5 Å². The Kier molecular flexibility index (Phi) is 3.40. The van der Waals surface area contributed by atoms with E-state index in [4.69, 9.17) is 0 Å². The minimum atomic E-state index is -0.909. The first kappa shape index (κ1) is 13.3. The molecule has 0 saturated heterocycles. The van der Waals surface area contributed by atoms with Crippen LogP contribution in [0.1, 0.15) is 15.9 Å². The zero-order valence-corrected chi connectivity index (χ0v) is 11.1. The van der Waals surface area contributed by atoms with Crippen LogP contribution in [0, 0.1) is 6.92 Å². The second-order valence-electron chi connectivity index (χ2n) is 4.28. The molecule has 0 amide bonds. The van der Waals surface area contributed by atoms with Gasteiger partial charge in [-0.15, -0.1) is 12.4 Å². The summed E-state index contributed by atoms with van der Waals surface area (Å²) in [4.78, 5) is 16.1. The fraction of sp³-hybridized carbons (Fsp3) is 0.0667. The highest BCUT2D eigenvalue weighted by molar-refractivity contribution is 6.14. The standard InChI is InChI=1S/C15H11NO2.ClH/c1-9-5-4-8-12-13(9)14(15(17)18)10-6-2-3-7-11(10)16-12;/h2-8H,1H3,(H,17,18);1H. The number of carboxylic acids is 1. The van der Waals surface area contributed by atoms with Gasteiger partial charge < -0.3 is 5.11 Å². The molecule has 1 N–H and O–H groups in total. The number of fused-ring (bicyclic) bond motifs is 2. The second-order valence-corrected chi connectivity index (χ2v) is 4.28. The molecule has 1 heterocycles. The monoisotopic (exact) mass is 273 g/mol. The van der Waals surface area contributed by atoms with E-state index in [1.54, 1.807) is 6.07 Å². The van der Waals surface area contributed by atoms with Crippen LogP contribution in [0.5, 0.6) is 0 Å². The van der Waals surface area contributed by atoms with Gasteiger partial charge in [-0.2, -0.15) is 0 Å². The zero-order chi connectivity index (χ0) is 12.7. The highest BCUT2D eigenvalue weighted by atomic mass is 35.5. The van der Waals surface area contributed by atoms with Gasteiger partial charge in [0.15, 0.2) is 0 Å². The topological polar surface area (TPSA) is 50.2 Å². The summed E-state index contributed by atoms with van der Waals surface area (Å²) in [5, 5.41) is 10.9. The van der Waals surface area contributed by atoms with E-state index in [0.29, 0.717) is 16.5 Å². The van der Waals surface area contributed by atoms with E-state index in [9.17, 15) is 9.90 Å². The quantitative estimate of drug-likeness (QED) is 0.686. The summed E-state index contributed by atoms with van der Waals surface area (Å²) in [6.07, 6.45) is 0. The molecule has 96 valence electrons. The molecule has 0 bridgehead atoms. The summed E-state index contributed by atoms with van der Waals surface area (Å²) in [5.41, 5.74) is 2.72. The largest absolute Gasteiger partial charge is 0.478 e. The zero-order valence-electron chi connectivity index (χ0n) is 10.3. The number of rotatable bonds is 1. The lowest BCUT2D eigenvalue weighted by molar-refractivity contribution is 0.0701. The van der Waals surface area contributed by atoms with Crippen molar-refractivity contribution in [1.82, 2.24) is 4.98 Å². The average Bonchev–Trinajstić information content (AvgIpc) is 2.36. The number of halogens is 1. The van der Waals surface area contributed by atoms with Crippen molar-refractivity contribution in [1.29, 1.82) is 0 Å².